The summed E-state index contributed by atoms with van der Waals surface area (Å²) in [7, 11) is 0. The van der Waals surface area contributed by atoms with E-state index in [1.165, 1.54) is 0 Å². The van der Waals surface area contributed by atoms with E-state index in [0.29, 0.717) is 19.4 Å². The van der Waals surface area contributed by atoms with Gasteiger partial charge in [0.05, 0.1) is 6.10 Å². The van der Waals surface area contributed by atoms with Crippen molar-refractivity contribution in [1.82, 2.24) is 0 Å². The molecule has 0 aliphatic carbocycles. The fourth-order valence-corrected chi connectivity index (χ4v) is 1.45. The van der Waals surface area contributed by atoms with Crippen LogP contribution in [0.25, 0.3) is 0 Å². The van der Waals surface area contributed by atoms with E-state index in [9.17, 15) is 4.79 Å². The maximum Gasteiger partial charge on any atom is 0.224 e. The number of amides is 1. The van der Waals surface area contributed by atoms with Gasteiger partial charge >= 0.3 is 0 Å². The van der Waals surface area contributed by atoms with E-state index < -0.39 is 0 Å². The molecule has 4 nitrogen and oxygen atoms in total. The van der Waals surface area contributed by atoms with Crippen LogP contribution in [0, 0.1) is 0 Å². The van der Waals surface area contributed by atoms with Crippen LogP contribution >= 0.6 is 0 Å². The van der Waals surface area contributed by atoms with Crippen LogP contribution in [0.3, 0.4) is 0 Å². The highest BCUT2D eigenvalue weighted by molar-refractivity contribution is 5.90. The van der Waals surface area contributed by atoms with Crippen LogP contribution in [0.1, 0.15) is 33.1 Å². The van der Waals surface area contributed by atoms with Gasteiger partial charge in [-0.2, -0.15) is 0 Å². The number of nitrogens with one attached hydrogen (secondary N) is 1. The number of rotatable bonds is 7. The third-order valence-corrected chi connectivity index (χ3v) is 2.64. The third-order valence-electron chi connectivity index (χ3n) is 2.64. The van der Waals surface area contributed by atoms with Gasteiger partial charge in [-0.25, -0.2) is 0 Å². The molecule has 3 N–H and O–H groups in total. The van der Waals surface area contributed by atoms with Crippen LogP contribution in [0.4, 0.5) is 5.69 Å². The Labute approximate surface area is 109 Å². The number of anilines is 1. The lowest BCUT2D eigenvalue weighted by atomic mass is 10.2. The van der Waals surface area contributed by atoms with Gasteiger partial charge < -0.3 is 15.8 Å². The van der Waals surface area contributed by atoms with Crippen molar-refractivity contribution in [2.24, 2.45) is 5.73 Å². The summed E-state index contributed by atoms with van der Waals surface area (Å²) in [5.41, 5.74) is 6.13. The molecular weight excluding hydrogens is 228 g/mol. The van der Waals surface area contributed by atoms with Crippen LogP contribution in [0.2, 0.25) is 0 Å². The highest BCUT2D eigenvalue weighted by Crippen LogP contribution is 2.19. The maximum atomic E-state index is 11.6. The van der Waals surface area contributed by atoms with Crippen molar-refractivity contribution >= 4 is 11.6 Å². The van der Waals surface area contributed by atoms with Gasteiger partial charge in [-0.3, -0.25) is 4.79 Å². The number of benzene rings is 1. The quantitative estimate of drug-likeness (QED) is 0.781. The number of carbonyl (C=O) groups is 1. The minimum absolute atomic E-state index is 0.0128. The zero-order chi connectivity index (χ0) is 13.4. The SMILES string of the molecule is CCC(C)Oc1cccc(NC(=O)CCCN)c1. The van der Waals surface area contributed by atoms with Gasteiger partial charge in [0.2, 0.25) is 5.91 Å². The van der Waals surface area contributed by atoms with Gasteiger partial charge in [0.25, 0.3) is 0 Å². The van der Waals surface area contributed by atoms with Crippen molar-refractivity contribution in [1.29, 1.82) is 0 Å². The molecule has 0 saturated heterocycles. The van der Waals surface area contributed by atoms with Gasteiger partial charge in [-0.1, -0.05) is 13.0 Å². The summed E-state index contributed by atoms with van der Waals surface area (Å²) in [5.74, 6) is 0.766. The van der Waals surface area contributed by atoms with Crippen LogP contribution in [-0.2, 0) is 4.79 Å². The van der Waals surface area contributed by atoms with Gasteiger partial charge in [0.1, 0.15) is 5.75 Å². The molecule has 0 fully saturated rings. The Morgan fingerprint density at radius 1 is 1.50 bits per heavy atom. The Bertz CT molecular complexity index is 380. The predicted molar refractivity (Wildman–Crippen MR) is 73.7 cm³/mol. The topological polar surface area (TPSA) is 64.3 Å². The highest BCUT2D eigenvalue weighted by atomic mass is 16.5. The summed E-state index contributed by atoms with van der Waals surface area (Å²) in [5, 5.41) is 2.83. The molecule has 1 amide bonds. The predicted octanol–water partition coefficient (Wildman–Crippen LogP) is 2.54. The van der Waals surface area contributed by atoms with E-state index in [-0.39, 0.29) is 12.0 Å². The Balaban J connectivity index is 2.56. The molecule has 4 heteroatoms. The summed E-state index contributed by atoms with van der Waals surface area (Å²) < 4.78 is 5.70. The van der Waals surface area contributed by atoms with Gasteiger partial charge in [0.15, 0.2) is 0 Å². The Kier molecular flexibility index (Phi) is 6.22. The fraction of sp³-hybridized carbons (Fsp3) is 0.500. The van der Waals surface area contributed by atoms with Crippen LogP contribution in [-0.4, -0.2) is 18.6 Å². The zero-order valence-electron chi connectivity index (χ0n) is 11.1. The summed E-state index contributed by atoms with van der Waals surface area (Å²) in [4.78, 5) is 11.6. The van der Waals surface area contributed by atoms with E-state index >= 15 is 0 Å². The van der Waals surface area contributed by atoms with Crippen molar-refractivity contribution in [2.45, 2.75) is 39.2 Å². The smallest absolute Gasteiger partial charge is 0.224 e. The molecule has 18 heavy (non-hydrogen) atoms. The number of hydrogen-bond donors (Lipinski definition) is 2. The lowest BCUT2D eigenvalue weighted by Crippen LogP contribution is -2.14. The molecule has 0 aliphatic rings. The van der Waals surface area contributed by atoms with Crippen LogP contribution < -0.4 is 15.8 Å². The van der Waals surface area contributed by atoms with E-state index in [4.69, 9.17) is 10.5 Å². The van der Waals surface area contributed by atoms with Crippen molar-refractivity contribution in [3.05, 3.63) is 24.3 Å². The van der Waals surface area contributed by atoms with E-state index in [2.05, 4.69) is 12.2 Å². The first-order valence-corrected chi connectivity index (χ1v) is 6.42. The second kappa shape index (κ2) is 7.71. The third kappa shape index (κ3) is 5.19. The van der Waals surface area contributed by atoms with Crippen molar-refractivity contribution in [3.63, 3.8) is 0 Å². The molecule has 1 rings (SSSR count). The molecule has 0 radical (unpaired) electrons. The molecule has 1 unspecified atom stereocenters. The van der Waals surface area contributed by atoms with Gasteiger partial charge in [0, 0.05) is 18.2 Å². The normalized spacial score (nSPS) is 11.9. The second-order valence-corrected chi connectivity index (χ2v) is 4.30. The minimum Gasteiger partial charge on any atom is -0.491 e. The first kappa shape index (κ1) is 14.5. The largest absolute Gasteiger partial charge is 0.491 e. The lowest BCUT2D eigenvalue weighted by molar-refractivity contribution is -0.116. The molecule has 0 bridgehead atoms. The van der Waals surface area contributed by atoms with Gasteiger partial charge in [-0.05, 0) is 38.4 Å². The van der Waals surface area contributed by atoms with E-state index in [0.717, 1.165) is 17.9 Å². The summed E-state index contributed by atoms with van der Waals surface area (Å²) >= 11 is 0. The molecule has 0 heterocycles. The molecule has 0 saturated carbocycles. The summed E-state index contributed by atoms with van der Waals surface area (Å²) in [6, 6.07) is 7.45. The highest BCUT2D eigenvalue weighted by Gasteiger charge is 2.04. The molecular formula is C14H22N2O2. The Morgan fingerprint density at radius 2 is 2.28 bits per heavy atom. The number of carbonyl (C=O) groups excluding carboxylic acids is 1. The zero-order valence-corrected chi connectivity index (χ0v) is 11.1. The first-order chi connectivity index (χ1) is 8.65. The molecule has 100 valence electrons. The standard InChI is InChI=1S/C14H22N2O2/c1-3-11(2)18-13-7-4-6-12(10-13)16-14(17)8-5-9-15/h4,6-7,10-11H,3,5,8-9,15H2,1-2H3,(H,16,17). The molecule has 0 spiro atoms. The van der Waals surface area contributed by atoms with Crippen LogP contribution in [0.5, 0.6) is 5.75 Å². The number of hydrogen-bond acceptors (Lipinski definition) is 3. The second-order valence-electron chi connectivity index (χ2n) is 4.30. The van der Waals surface area contributed by atoms with Crippen LogP contribution in [0.15, 0.2) is 24.3 Å². The summed E-state index contributed by atoms with van der Waals surface area (Å²) in [6.45, 7) is 4.63. The average Bonchev–Trinajstić information content (AvgIpc) is 2.36. The van der Waals surface area contributed by atoms with Crippen molar-refractivity contribution < 1.29 is 9.53 Å². The summed E-state index contributed by atoms with van der Waals surface area (Å²) in [6.07, 6.45) is 2.28. The van der Waals surface area contributed by atoms with Crippen molar-refractivity contribution in [3.8, 4) is 5.75 Å². The number of ether oxygens (including phenoxy) is 1. The fourth-order valence-electron chi connectivity index (χ4n) is 1.45. The monoisotopic (exact) mass is 250 g/mol. The van der Waals surface area contributed by atoms with Crippen molar-refractivity contribution in [2.75, 3.05) is 11.9 Å². The maximum absolute atomic E-state index is 11.6. The molecule has 1 aromatic carbocycles. The average molecular weight is 250 g/mol. The molecule has 0 aromatic heterocycles. The molecule has 0 aliphatic heterocycles. The van der Waals surface area contributed by atoms with Gasteiger partial charge in [-0.15, -0.1) is 0 Å². The number of nitrogens with two attached hydrogens (primary N) is 1. The first-order valence-electron chi connectivity index (χ1n) is 6.42. The lowest BCUT2D eigenvalue weighted by Gasteiger charge is -2.13. The van der Waals surface area contributed by atoms with E-state index in [1.54, 1.807) is 0 Å². The van der Waals surface area contributed by atoms with E-state index in [1.807, 2.05) is 31.2 Å². The Hall–Kier alpha value is -1.55. The minimum atomic E-state index is -0.0128. The molecule has 1 aromatic rings. The Morgan fingerprint density at radius 3 is 2.94 bits per heavy atom. The molecule has 1 atom stereocenters.